The van der Waals surface area contributed by atoms with Gasteiger partial charge in [-0.3, -0.25) is 0 Å². The maximum atomic E-state index is 11.0. The molecule has 16 heavy (non-hydrogen) atoms. The summed E-state index contributed by atoms with van der Waals surface area (Å²) in [5, 5.41) is 0. The zero-order chi connectivity index (χ0) is 12.4. The van der Waals surface area contributed by atoms with Crippen molar-refractivity contribution >= 4 is 11.9 Å². The summed E-state index contributed by atoms with van der Waals surface area (Å²) >= 11 is 0. The van der Waals surface area contributed by atoms with Crippen molar-refractivity contribution in [3.05, 3.63) is 24.3 Å². The number of carbonyl (C=O) groups excluding carboxylic acids is 2. The SMILES string of the molecule is CC=CC(=O)OCC(C)COC(=O)C=CC. The number of rotatable bonds is 6. The lowest BCUT2D eigenvalue weighted by molar-refractivity contribution is -0.142. The van der Waals surface area contributed by atoms with Crippen LogP contribution < -0.4 is 0 Å². The molecule has 0 aliphatic rings. The molecule has 0 N–H and O–H groups in total. The smallest absolute Gasteiger partial charge is 0.330 e. The minimum absolute atomic E-state index is 0.0107. The number of esters is 2. The first-order valence-electron chi connectivity index (χ1n) is 5.19. The summed E-state index contributed by atoms with van der Waals surface area (Å²) in [5.74, 6) is -0.772. The van der Waals surface area contributed by atoms with Crippen LogP contribution >= 0.6 is 0 Å². The van der Waals surface area contributed by atoms with Crippen molar-refractivity contribution in [2.75, 3.05) is 13.2 Å². The van der Waals surface area contributed by atoms with E-state index in [0.29, 0.717) is 0 Å². The summed E-state index contributed by atoms with van der Waals surface area (Å²) < 4.78 is 9.80. The Balaban J connectivity index is 3.70. The first-order valence-corrected chi connectivity index (χ1v) is 5.19. The highest BCUT2D eigenvalue weighted by molar-refractivity contribution is 5.82. The molecule has 0 amide bonds. The first-order chi connectivity index (χ1) is 7.60. The average Bonchev–Trinajstić information content (AvgIpc) is 2.24. The molecule has 0 unspecified atom stereocenters. The van der Waals surface area contributed by atoms with Crippen molar-refractivity contribution in [1.82, 2.24) is 0 Å². The number of hydrogen-bond acceptors (Lipinski definition) is 4. The molecule has 0 saturated carbocycles. The van der Waals surface area contributed by atoms with Gasteiger partial charge in [0, 0.05) is 18.1 Å². The van der Waals surface area contributed by atoms with E-state index in [9.17, 15) is 9.59 Å². The van der Waals surface area contributed by atoms with Gasteiger partial charge in [-0.1, -0.05) is 19.1 Å². The summed E-state index contributed by atoms with van der Waals surface area (Å²) in [6, 6.07) is 0. The minimum atomic E-state index is -0.380. The summed E-state index contributed by atoms with van der Waals surface area (Å²) in [5.41, 5.74) is 0. The van der Waals surface area contributed by atoms with Crippen molar-refractivity contribution in [2.24, 2.45) is 5.92 Å². The molecule has 0 rings (SSSR count). The molecule has 0 aliphatic heterocycles. The van der Waals surface area contributed by atoms with Gasteiger partial charge in [-0.2, -0.15) is 0 Å². The Bertz CT molecular complexity index is 251. The molecule has 0 aromatic carbocycles. The van der Waals surface area contributed by atoms with Crippen molar-refractivity contribution in [3.63, 3.8) is 0 Å². The highest BCUT2D eigenvalue weighted by Crippen LogP contribution is 1.98. The monoisotopic (exact) mass is 226 g/mol. The molecule has 0 aromatic heterocycles. The van der Waals surface area contributed by atoms with E-state index in [4.69, 9.17) is 9.47 Å². The second kappa shape index (κ2) is 8.71. The maximum absolute atomic E-state index is 11.0. The third-order valence-corrected chi connectivity index (χ3v) is 1.63. The van der Waals surface area contributed by atoms with Gasteiger partial charge in [0.05, 0.1) is 13.2 Å². The maximum Gasteiger partial charge on any atom is 0.330 e. The van der Waals surface area contributed by atoms with Crippen LogP contribution in [0.4, 0.5) is 0 Å². The number of carbonyl (C=O) groups is 2. The standard InChI is InChI=1S/C12H18O4/c1-4-6-11(13)15-8-10(3)9-16-12(14)7-5-2/h4-7,10H,8-9H2,1-3H3. The van der Waals surface area contributed by atoms with Crippen molar-refractivity contribution < 1.29 is 19.1 Å². The normalized spacial score (nSPS) is 12.9. The quantitative estimate of drug-likeness (QED) is 0.512. The van der Waals surface area contributed by atoms with Gasteiger partial charge in [0.25, 0.3) is 0 Å². The molecule has 0 atom stereocenters. The average molecular weight is 226 g/mol. The van der Waals surface area contributed by atoms with E-state index in [2.05, 4.69) is 0 Å². The molecular formula is C12H18O4. The van der Waals surface area contributed by atoms with Gasteiger partial charge in [-0.05, 0) is 13.8 Å². The van der Waals surface area contributed by atoms with Gasteiger partial charge in [-0.25, -0.2) is 9.59 Å². The van der Waals surface area contributed by atoms with E-state index in [0.717, 1.165) is 0 Å². The summed E-state index contributed by atoms with van der Waals surface area (Å²) in [6.45, 7) is 5.80. The second-order valence-electron chi connectivity index (χ2n) is 3.37. The molecular weight excluding hydrogens is 208 g/mol. The molecule has 4 heteroatoms. The fraction of sp³-hybridized carbons (Fsp3) is 0.500. The van der Waals surface area contributed by atoms with E-state index < -0.39 is 0 Å². The van der Waals surface area contributed by atoms with Gasteiger partial charge in [0.15, 0.2) is 0 Å². The fourth-order valence-corrected chi connectivity index (χ4v) is 0.865. The molecule has 0 heterocycles. The van der Waals surface area contributed by atoms with Crippen LogP contribution in [0.3, 0.4) is 0 Å². The van der Waals surface area contributed by atoms with Gasteiger partial charge in [0.1, 0.15) is 0 Å². The lowest BCUT2D eigenvalue weighted by Crippen LogP contribution is -2.17. The molecule has 0 fully saturated rings. The molecule has 0 bridgehead atoms. The fourth-order valence-electron chi connectivity index (χ4n) is 0.865. The Morgan fingerprint density at radius 2 is 1.38 bits per heavy atom. The summed E-state index contributed by atoms with van der Waals surface area (Å²) in [4.78, 5) is 21.9. The van der Waals surface area contributed by atoms with E-state index in [1.54, 1.807) is 26.0 Å². The topological polar surface area (TPSA) is 52.6 Å². The molecule has 0 saturated heterocycles. The Hall–Kier alpha value is -1.58. The molecule has 0 aliphatic carbocycles. The predicted octanol–water partition coefficient (Wildman–Crippen LogP) is 1.86. The van der Waals surface area contributed by atoms with E-state index >= 15 is 0 Å². The Kier molecular flexibility index (Phi) is 7.85. The highest BCUT2D eigenvalue weighted by atomic mass is 16.5. The van der Waals surface area contributed by atoms with E-state index in [1.807, 2.05) is 6.92 Å². The van der Waals surface area contributed by atoms with Crippen LogP contribution in [0, 0.1) is 5.92 Å². The first kappa shape index (κ1) is 14.4. The number of allylic oxidation sites excluding steroid dienone is 2. The molecule has 0 radical (unpaired) electrons. The van der Waals surface area contributed by atoms with Crippen LogP contribution in [0.15, 0.2) is 24.3 Å². The van der Waals surface area contributed by atoms with Gasteiger partial charge < -0.3 is 9.47 Å². The van der Waals surface area contributed by atoms with Crippen LogP contribution in [0.25, 0.3) is 0 Å². The van der Waals surface area contributed by atoms with Crippen molar-refractivity contribution in [3.8, 4) is 0 Å². The second-order valence-corrected chi connectivity index (χ2v) is 3.37. The van der Waals surface area contributed by atoms with Crippen molar-refractivity contribution in [1.29, 1.82) is 0 Å². The van der Waals surface area contributed by atoms with Crippen LogP contribution in [0.1, 0.15) is 20.8 Å². The lowest BCUT2D eigenvalue weighted by atomic mass is 10.2. The Morgan fingerprint density at radius 1 is 1.00 bits per heavy atom. The Morgan fingerprint density at radius 3 is 1.69 bits per heavy atom. The van der Waals surface area contributed by atoms with Gasteiger partial charge in [-0.15, -0.1) is 0 Å². The third kappa shape index (κ3) is 7.79. The Labute approximate surface area is 95.9 Å². The highest BCUT2D eigenvalue weighted by Gasteiger charge is 2.07. The van der Waals surface area contributed by atoms with Gasteiger partial charge >= 0.3 is 11.9 Å². The van der Waals surface area contributed by atoms with Crippen LogP contribution in [0.2, 0.25) is 0 Å². The van der Waals surface area contributed by atoms with Crippen LogP contribution in [-0.4, -0.2) is 25.2 Å². The van der Waals surface area contributed by atoms with Crippen LogP contribution in [-0.2, 0) is 19.1 Å². The van der Waals surface area contributed by atoms with E-state index in [-0.39, 0.29) is 31.1 Å². The summed E-state index contributed by atoms with van der Waals surface area (Å²) in [6.07, 6.45) is 5.91. The molecule has 0 aromatic rings. The molecule has 90 valence electrons. The van der Waals surface area contributed by atoms with Gasteiger partial charge in [0.2, 0.25) is 0 Å². The largest absolute Gasteiger partial charge is 0.462 e. The van der Waals surface area contributed by atoms with Crippen molar-refractivity contribution in [2.45, 2.75) is 20.8 Å². The zero-order valence-electron chi connectivity index (χ0n) is 9.93. The molecule has 4 nitrogen and oxygen atoms in total. The molecule has 0 spiro atoms. The van der Waals surface area contributed by atoms with Crippen LogP contribution in [0.5, 0.6) is 0 Å². The van der Waals surface area contributed by atoms with E-state index in [1.165, 1.54) is 12.2 Å². The zero-order valence-corrected chi connectivity index (χ0v) is 9.93. The number of ether oxygens (including phenoxy) is 2. The summed E-state index contributed by atoms with van der Waals surface area (Å²) in [7, 11) is 0. The minimum Gasteiger partial charge on any atom is -0.462 e. The third-order valence-electron chi connectivity index (χ3n) is 1.63. The number of hydrogen-bond donors (Lipinski definition) is 0. The lowest BCUT2D eigenvalue weighted by Gasteiger charge is -2.10. The predicted molar refractivity (Wildman–Crippen MR) is 60.7 cm³/mol.